The van der Waals surface area contributed by atoms with Crippen LogP contribution in [0.15, 0.2) is 30.3 Å². The van der Waals surface area contributed by atoms with E-state index in [2.05, 4.69) is 37.9 Å². The highest BCUT2D eigenvalue weighted by Gasteiger charge is 1.98. The van der Waals surface area contributed by atoms with Gasteiger partial charge in [-0.1, -0.05) is 50.1 Å². The van der Waals surface area contributed by atoms with Crippen molar-refractivity contribution in [2.45, 2.75) is 0 Å². The highest BCUT2D eigenvalue weighted by Crippen LogP contribution is 2.17. The summed E-state index contributed by atoms with van der Waals surface area (Å²) >= 11 is 6.72. The summed E-state index contributed by atoms with van der Waals surface area (Å²) in [6.45, 7) is 0. The second kappa shape index (κ2) is 5.55. The number of allylic oxidation sites excluding steroid dienone is 2. The van der Waals surface area contributed by atoms with Gasteiger partial charge >= 0.3 is 0 Å². The molecule has 0 aliphatic heterocycles. The topological polar surface area (TPSA) is 0 Å². The zero-order valence-corrected chi connectivity index (χ0v) is 10.1. The number of hydrogen-bond acceptors (Lipinski definition) is 0. The van der Waals surface area contributed by atoms with Crippen LogP contribution in [0.4, 0.5) is 4.39 Å². The summed E-state index contributed by atoms with van der Waals surface area (Å²) in [6, 6.07) is 6.51. The highest BCUT2D eigenvalue weighted by molar-refractivity contribution is 9.09. The summed E-state index contributed by atoms with van der Waals surface area (Å²) in [7, 11) is 0. The molecule has 0 radical (unpaired) electrons. The van der Waals surface area contributed by atoms with E-state index in [0.717, 1.165) is 21.8 Å². The quantitative estimate of drug-likeness (QED) is 0.741. The fourth-order valence-corrected chi connectivity index (χ4v) is 1.95. The lowest BCUT2D eigenvalue weighted by molar-refractivity contribution is 0.627. The summed E-state index contributed by atoms with van der Waals surface area (Å²) in [5.74, 6) is -0.198. The molecule has 0 saturated carbocycles. The molecule has 0 aliphatic carbocycles. The first-order valence-electron chi connectivity index (χ1n) is 3.85. The van der Waals surface area contributed by atoms with Crippen LogP contribution in [0.1, 0.15) is 5.56 Å². The van der Waals surface area contributed by atoms with E-state index in [9.17, 15) is 4.39 Å². The molecule has 0 aliphatic rings. The van der Waals surface area contributed by atoms with Crippen molar-refractivity contribution in [3.05, 3.63) is 41.7 Å². The molecule has 0 heterocycles. The third kappa shape index (κ3) is 3.24. The Balaban J connectivity index is 2.92. The van der Waals surface area contributed by atoms with E-state index in [1.165, 1.54) is 12.1 Å². The van der Waals surface area contributed by atoms with Gasteiger partial charge in [0.15, 0.2) is 0 Å². The first-order chi connectivity index (χ1) is 6.27. The lowest BCUT2D eigenvalue weighted by Crippen LogP contribution is -1.86. The Morgan fingerprint density at radius 3 is 2.31 bits per heavy atom. The summed E-state index contributed by atoms with van der Waals surface area (Å²) < 4.78 is 12.6. The largest absolute Gasteiger partial charge is 0.207 e. The van der Waals surface area contributed by atoms with Crippen LogP contribution in [0.5, 0.6) is 0 Å². The third-order valence-electron chi connectivity index (χ3n) is 1.68. The molecule has 0 N–H and O–H groups in total. The smallest absolute Gasteiger partial charge is 0.123 e. The van der Waals surface area contributed by atoms with Crippen molar-refractivity contribution in [2.75, 3.05) is 10.7 Å². The normalized spacial score (nSPS) is 11.8. The predicted octanol–water partition coefficient (Wildman–Crippen LogP) is 4.00. The lowest BCUT2D eigenvalue weighted by Gasteiger charge is -2.02. The van der Waals surface area contributed by atoms with E-state index in [1.807, 2.05) is 0 Å². The van der Waals surface area contributed by atoms with Crippen LogP contribution in [0.25, 0.3) is 5.57 Å². The van der Waals surface area contributed by atoms with Crippen LogP contribution in [0.3, 0.4) is 0 Å². The van der Waals surface area contributed by atoms with Gasteiger partial charge in [0.25, 0.3) is 0 Å². The van der Waals surface area contributed by atoms with Gasteiger partial charge in [-0.2, -0.15) is 0 Å². The fourth-order valence-electron chi connectivity index (χ4n) is 1.01. The monoisotopic (exact) mass is 306 g/mol. The molecule has 0 aromatic heterocycles. The van der Waals surface area contributed by atoms with Crippen LogP contribution in [0, 0.1) is 5.82 Å². The van der Waals surface area contributed by atoms with Crippen molar-refractivity contribution in [1.82, 2.24) is 0 Å². The summed E-state index contributed by atoms with van der Waals surface area (Å²) in [5, 5.41) is 1.59. The first-order valence-corrected chi connectivity index (χ1v) is 6.09. The van der Waals surface area contributed by atoms with E-state index in [1.54, 1.807) is 12.1 Å². The average Bonchev–Trinajstić information content (AvgIpc) is 2.16. The first kappa shape index (κ1) is 10.9. The van der Waals surface area contributed by atoms with Crippen LogP contribution in [0.2, 0.25) is 0 Å². The van der Waals surface area contributed by atoms with Crippen LogP contribution >= 0.6 is 31.9 Å². The van der Waals surface area contributed by atoms with Gasteiger partial charge in [0.05, 0.1) is 0 Å². The molecule has 0 unspecified atom stereocenters. The van der Waals surface area contributed by atoms with E-state index in [-0.39, 0.29) is 5.82 Å². The molecule has 70 valence electrons. The fraction of sp³-hybridized carbons (Fsp3) is 0.200. The van der Waals surface area contributed by atoms with Crippen molar-refractivity contribution in [3.8, 4) is 0 Å². The second-order valence-electron chi connectivity index (χ2n) is 2.52. The minimum atomic E-state index is -0.198. The van der Waals surface area contributed by atoms with E-state index in [0.29, 0.717) is 0 Å². The maximum atomic E-state index is 12.6. The standard InChI is InChI=1S/C10H9Br2F/c11-6-5-9(7-12)8-1-3-10(13)4-2-8/h1-5H,6-7H2/b9-5+. The zero-order chi connectivity index (χ0) is 9.68. The molecule has 1 aromatic carbocycles. The Morgan fingerprint density at radius 2 is 1.85 bits per heavy atom. The lowest BCUT2D eigenvalue weighted by atomic mass is 10.1. The van der Waals surface area contributed by atoms with Gasteiger partial charge in [0, 0.05) is 10.7 Å². The molecule has 0 atom stereocenters. The number of alkyl halides is 2. The van der Waals surface area contributed by atoms with E-state index < -0.39 is 0 Å². The zero-order valence-electron chi connectivity index (χ0n) is 6.93. The summed E-state index contributed by atoms with van der Waals surface area (Å²) in [4.78, 5) is 0. The number of benzene rings is 1. The van der Waals surface area contributed by atoms with Crippen molar-refractivity contribution in [3.63, 3.8) is 0 Å². The summed E-state index contributed by atoms with van der Waals surface area (Å²) in [5.41, 5.74) is 2.22. The molecule has 0 saturated heterocycles. The molecule has 13 heavy (non-hydrogen) atoms. The molecule has 0 nitrogen and oxygen atoms in total. The van der Waals surface area contributed by atoms with Crippen molar-refractivity contribution >= 4 is 37.4 Å². The molecule has 0 spiro atoms. The molecule has 1 rings (SSSR count). The number of rotatable bonds is 3. The Kier molecular flexibility index (Phi) is 4.67. The molecular formula is C10H9Br2F. The van der Waals surface area contributed by atoms with Crippen molar-refractivity contribution in [2.24, 2.45) is 0 Å². The number of hydrogen-bond donors (Lipinski definition) is 0. The van der Waals surface area contributed by atoms with Gasteiger partial charge in [-0.3, -0.25) is 0 Å². The van der Waals surface area contributed by atoms with Gasteiger partial charge in [-0.15, -0.1) is 0 Å². The van der Waals surface area contributed by atoms with E-state index in [4.69, 9.17) is 0 Å². The molecule has 3 heteroatoms. The summed E-state index contributed by atoms with van der Waals surface area (Å²) in [6.07, 6.45) is 2.06. The Labute approximate surface area is 94.1 Å². The van der Waals surface area contributed by atoms with Gasteiger partial charge in [-0.05, 0) is 23.3 Å². The molecule has 0 bridgehead atoms. The SMILES string of the molecule is Fc1ccc(/C(=C/CBr)CBr)cc1. The molecule has 0 fully saturated rings. The second-order valence-corrected chi connectivity index (χ2v) is 3.73. The predicted molar refractivity (Wildman–Crippen MR) is 62.0 cm³/mol. The minimum Gasteiger partial charge on any atom is -0.207 e. The van der Waals surface area contributed by atoms with Gasteiger partial charge in [-0.25, -0.2) is 4.39 Å². The Hall–Kier alpha value is -0.150. The van der Waals surface area contributed by atoms with Crippen LogP contribution in [-0.2, 0) is 0 Å². The Bertz CT molecular complexity index is 290. The van der Waals surface area contributed by atoms with Crippen molar-refractivity contribution < 1.29 is 4.39 Å². The average molecular weight is 308 g/mol. The van der Waals surface area contributed by atoms with E-state index >= 15 is 0 Å². The molecule has 0 amide bonds. The van der Waals surface area contributed by atoms with Crippen molar-refractivity contribution in [1.29, 1.82) is 0 Å². The van der Waals surface area contributed by atoms with Gasteiger partial charge in [0.2, 0.25) is 0 Å². The minimum absolute atomic E-state index is 0.198. The maximum Gasteiger partial charge on any atom is 0.123 e. The molecule has 1 aromatic rings. The molecular weight excluding hydrogens is 299 g/mol. The third-order valence-corrected chi connectivity index (χ3v) is 2.61. The van der Waals surface area contributed by atoms with Crippen LogP contribution < -0.4 is 0 Å². The van der Waals surface area contributed by atoms with Gasteiger partial charge in [0.1, 0.15) is 5.82 Å². The van der Waals surface area contributed by atoms with Gasteiger partial charge < -0.3 is 0 Å². The number of halogens is 3. The van der Waals surface area contributed by atoms with Crippen LogP contribution in [-0.4, -0.2) is 10.7 Å². The highest BCUT2D eigenvalue weighted by atomic mass is 79.9. The Morgan fingerprint density at radius 1 is 1.23 bits per heavy atom. The maximum absolute atomic E-state index is 12.6.